The zero-order valence-electron chi connectivity index (χ0n) is 15.7. The topological polar surface area (TPSA) is 133 Å². The number of benzene rings is 2. The summed E-state index contributed by atoms with van der Waals surface area (Å²) in [7, 11) is -2.10. The van der Waals surface area contributed by atoms with Crippen molar-refractivity contribution < 1.29 is 13.2 Å². The highest BCUT2D eigenvalue weighted by Crippen LogP contribution is 2.39. The van der Waals surface area contributed by atoms with Gasteiger partial charge in [-0.3, -0.25) is 0 Å². The molecule has 154 valence electrons. The Morgan fingerprint density at radius 2 is 1.73 bits per heavy atom. The van der Waals surface area contributed by atoms with Gasteiger partial charge in [0.25, 0.3) is 0 Å². The number of nitrogens with one attached hydrogen (secondary N) is 1. The third-order valence-corrected chi connectivity index (χ3v) is 7.08. The van der Waals surface area contributed by atoms with Gasteiger partial charge in [0.15, 0.2) is 5.13 Å². The molecule has 0 spiro atoms. The van der Waals surface area contributed by atoms with Gasteiger partial charge in [-0.15, -0.1) is 11.3 Å². The molecule has 11 heteroatoms. The van der Waals surface area contributed by atoms with Gasteiger partial charge in [-0.2, -0.15) is 0 Å². The predicted octanol–water partition coefficient (Wildman–Crippen LogP) is 3.92. The molecule has 4 aromatic rings. The fourth-order valence-electron chi connectivity index (χ4n) is 2.66. The molecule has 0 bridgehead atoms. The lowest BCUT2D eigenvalue weighted by Gasteiger charge is -2.03. The number of aromatic nitrogens is 2. The van der Waals surface area contributed by atoms with Gasteiger partial charge in [-0.05, 0) is 48.5 Å². The number of nitrogen functional groups attached to an aromatic ring is 1. The van der Waals surface area contributed by atoms with Crippen molar-refractivity contribution >= 4 is 49.3 Å². The van der Waals surface area contributed by atoms with E-state index in [1.807, 2.05) is 29.6 Å². The van der Waals surface area contributed by atoms with Crippen LogP contribution < -0.4 is 20.9 Å². The van der Waals surface area contributed by atoms with Crippen LogP contribution in [0.15, 0.2) is 58.8 Å². The highest BCUT2D eigenvalue weighted by molar-refractivity contribution is 7.89. The minimum absolute atomic E-state index is 0.0428. The molecule has 0 saturated carbocycles. The summed E-state index contributed by atoms with van der Waals surface area (Å²) in [6.07, 6.45) is 0. The van der Waals surface area contributed by atoms with Crippen LogP contribution in [0.2, 0.25) is 0 Å². The highest BCUT2D eigenvalue weighted by Gasteiger charge is 2.15. The van der Waals surface area contributed by atoms with E-state index in [2.05, 4.69) is 15.3 Å². The van der Waals surface area contributed by atoms with Crippen molar-refractivity contribution in [2.45, 2.75) is 4.90 Å². The Labute approximate surface area is 181 Å². The number of rotatable bonds is 6. The van der Waals surface area contributed by atoms with Crippen molar-refractivity contribution in [3.05, 3.63) is 53.9 Å². The lowest BCUT2D eigenvalue weighted by atomic mass is 10.2. The van der Waals surface area contributed by atoms with Crippen molar-refractivity contribution in [1.29, 1.82) is 0 Å². The quantitative estimate of drug-likeness (QED) is 0.398. The molecule has 2 aromatic carbocycles. The fraction of sp³-hybridized carbons (Fsp3) is 0.0526. The van der Waals surface area contributed by atoms with Gasteiger partial charge in [0.05, 0.1) is 17.7 Å². The summed E-state index contributed by atoms with van der Waals surface area (Å²) in [6, 6.07) is 13.8. The van der Waals surface area contributed by atoms with Crippen molar-refractivity contribution in [1.82, 2.24) is 9.97 Å². The molecule has 0 aliphatic rings. The highest BCUT2D eigenvalue weighted by atomic mass is 32.2. The number of sulfonamides is 1. The summed E-state index contributed by atoms with van der Waals surface area (Å²) in [5.41, 5.74) is 8.60. The SMILES string of the molecule is COc1ccc(-c2csc(-c3sc(Nc4ccc(S(N)(=O)=O)cc4)nc3N)n2)cc1. The number of methoxy groups -OCH3 is 1. The molecule has 0 radical (unpaired) electrons. The number of ether oxygens (including phenoxy) is 1. The van der Waals surface area contributed by atoms with E-state index in [0.717, 1.165) is 26.9 Å². The Morgan fingerprint density at radius 3 is 2.37 bits per heavy atom. The van der Waals surface area contributed by atoms with E-state index in [1.54, 1.807) is 19.2 Å². The molecule has 0 aliphatic carbocycles. The summed E-state index contributed by atoms with van der Waals surface area (Å²) in [5.74, 6) is 1.16. The maximum atomic E-state index is 11.4. The lowest BCUT2D eigenvalue weighted by Crippen LogP contribution is -2.11. The van der Waals surface area contributed by atoms with Crippen LogP contribution in [0.5, 0.6) is 5.75 Å². The van der Waals surface area contributed by atoms with Gasteiger partial charge < -0.3 is 15.8 Å². The van der Waals surface area contributed by atoms with Gasteiger partial charge in [0.2, 0.25) is 10.0 Å². The van der Waals surface area contributed by atoms with Crippen LogP contribution in [0.3, 0.4) is 0 Å². The fourth-order valence-corrected chi connectivity index (χ4v) is 5.01. The van der Waals surface area contributed by atoms with Crippen LogP contribution in [0.25, 0.3) is 21.1 Å². The van der Waals surface area contributed by atoms with Crippen molar-refractivity contribution in [3.8, 4) is 26.9 Å². The van der Waals surface area contributed by atoms with Crippen LogP contribution in [0.4, 0.5) is 16.6 Å². The molecule has 8 nitrogen and oxygen atoms in total. The maximum Gasteiger partial charge on any atom is 0.238 e. The summed E-state index contributed by atoms with van der Waals surface area (Å²) in [6.45, 7) is 0. The van der Waals surface area contributed by atoms with E-state index in [9.17, 15) is 8.42 Å². The summed E-state index contributed by atoms with van der Waals surface area (Å²) < 4.78 is 27.9. The van der Waals surface area contributed by atoms with E-state index in [-0.39, 0.29) is 4.90 Å². The Bertz CT molecular complexity index is 1280. The molecule has 2 aromatic heterocycles. The third-order valence-electron chi connectivity index (χ3n) is 4.17. The summed E-state index contributed by atoms with van der Waals surface area (Å²) >= 11 is 2.86. The van der Waals surface area contributed by atoms with Crippen LogP contribution in [-0.4, -0.2) is 25.5 Å². The van der Waals surface area contributed by atoms with Crippen LogP contribution in [0.1, 0.15) is 0 Å². The lowest BCUT2D eigenvalue weighted by molar-refractivity contribution is 0.415. The third kappa shape index (κ3) is 4.28. The van der Waals surface area contributed by atoms with Gasteiger partial charge in [-0.25, -0.2) is 23.5 Å². The Kier molecular flexibility index (Phi) is 5.43. The summed E-state index contributed by atoms with van der Waals surface area (Å²) in [5, 5.41) is 11.6. The van der Waals surface area contributed by atoms with Gasteiger partial charge >= 0.3 is 0 Å². The average molecular weight is 460 g/mol. The molecular weight excluding hydrogens is 442 g/mol. The zero-order valence-corrected chi connectivity index (χ0v) is 18.1. The second-order valence-electron chi connectivity index (χ2n) is 6.19. The molecule has 0 aliphatic heterocycles. The molecule has 0 unspecified atom stereocenters. The molecule has 2 heterocycles. The number of nitrogens with two attached hydrogens (primary N) is 2. The van der Waals surface area contributed by atoms with E-state index >= 15 is 0 Å². The number of hydrogen-bond donors (Lipinski definition) is 3. The number of primary sulfonamides is 1. The van der Waals surface area contributed by atoms with Gasteiger partial charge in [0.1, 0.15) is 21.5 Å². The first-order valence-electron chi connectivity index (χ1n) is 8.60. The Morgan fingerprint density at radius 1 is 1.03 bits per heavy atom. The maximum absolute atomic E-state index is 11.4. The van der Waals surface area contributed by atoms with E-state index in [4.69, 9.17) is 15.6 Å². The summed E-state index contributed by atoms with van der Waals surface area (Å²) in [4.78, 5) is 9.85. The van der Waals surface area contributed by atoms with Crippen LogP contribution in [0, 0.1) is 0 Å². The van der Waals surface area contributed by atoms with Crippen molar-refractivity contribution in [2.75, 3.05) is 18.2 Å². The number of hydrogen-bond acceptors (Lipinski definition) is 9. The predicted molar refractivity (Wildman–Crippen MR) is 121 cm³/mol. The Hall–Kier alpha value is -2.99. The van der Waals surface area contributed by atoms with Gasteiger partial charge in [0, 0.05) is 16.6 Å². The minimum Gasteiger partial charge on any atom is -0.497 e. The van der Waals surface area contributed by atoms with E-state index < -0.39 is 10.0 Å². The first-order chi connectivity index (χ1) is 14.3. The average Bonchev–Trinajstić information content (AvgIpc) is 3.34. The zero-order chi connectivity index (χ0) is 21.3. The van der Waals surface area contributed by atoms with Crippen molar-refractivity contribution in [3.63, 3.8) is 0 Å². The molecule has 0 saturated heterocycles. The largest absolute Gasteiger partial charge is 0.497 e. The van der Waals surface area contributed by atoms with Crippen LogP contribution in [-0.2, 0) is 10.0 Å². The first kappa shape index (κ1) is 20.3. The monoisotopic (exact) mass is 459 g/mol. The second-order valence-corrected chi connectivity index (χ2v) is 9.61. The first-order valence-corrected chi connectivity index (χ1v) is 11.8. The molecule has 4 rings (SSSR count). The van der Waals surface area contributed by atoms with Gasteiger partial charge in [-0.1, -0.05) is 11.3 Å². The number of anilines is 3. The second kappa shape index (κ2) is 8.03. The number of nitrogens with zero attached hydrogens (tertiary/aromatic N) is 2. The molecule has 0 amide bonds. The van der Waals surface area contributed by atoms with E-state index in [0.29, 0.717) is 16.6 Å². The molecule has 5 N–H and O–H groups in total. The molecule has 0 fully saturated rings. The van der Waals surface area contributed by atoms with Crippen LogP contribution >= 0.6 is 22.7 Å². The smallest absolute Gasteiger partial charge is 0.238 e. The van der Waals surface area contributed by atoms with E-state index in [1.165, 1.54) is 34.8 Å². The molecular formula is C19H17N5O3S3. The normalized spacial score (nSPS) is 11.4. The Balaban J connectivity index is 1.55. The standard InChI is InChI=1S/C19H17N5O3S3/c1-27-13-6-2-11(3-7-13)15-10-28-18(23-15)16-17(20)24-19(29-16)22-12-4-8-14(9-5-12)30(21,25)26/h2-10H,20H2,1H3,(H,22,24)(H2,21,25,26). The molecule has 30 heavy (non-hydrogen) atoms. The number of thiazole rings is 2. The minimum atomic E-state index is -3.73. The van der Waals surface area contributed by atoms with Crippen molar-refractivity contribution in [2.24, 2.45) is 5.14 Å². The molecule has 0 atom stereocenters.